The van der Waals surface area contributed by atoms with Crippen LogP contribution in [0.1, 0.15) is 0 Å². The maximum Gasteiger partial charge on any atom is 0.507 e. The predicted molar refractivity (Wildman–Crippen MR) is 40.7 cm³/mol. The van der Waals surface area contributed by atoms with Crippen molar-refractivity contribution in [3.8, 4) is 0 Å². The number of halogens is 2. The molecule has 2 unspecified atom stereocenters. The van der Waals surface area contributed by atoms with Crippen molar-refractivity contribution in [2.45, 2.75) is 0 Å². The largest absolute Gasteiger partial charge is 0.507 e. The lowest BCUT2D eigenvalue weighted by Gasteiger charge is -2.12. The molecule has 0 bridgehead atoms. The molecule has 0 radical (unpaired) electrons. The molecule has 12 heteroatoms. The molecule has 0 spiro atoms. The van der Waals surface area contributed by atoms with Crippen LogP contribution in [-0.2, 0) is 36.7 Å². The molecular formula is C3H8F2O8P2. The first-order chi connectivity index (χ1) is 6.95. The van der Waals surface area contributed by atoms with E-state index in [1.807, 2.05) is 0 Å². The zero-order chi connectivity index (χ0) is 11.9. The number of phosphoric acid groups is 2. The molecule has 0 aliphatic heterocycles. The van der Waals surface area contributed by atoms with Gasteiger partial charge in [0.25, 0.3) is 0 Å². The van der Waals surface area contributed by atoms with Gasteiger partial charge in [-0.15, -0.1) is 0 Å². The van der Waals surface area contributed by atoms with Crippen LogP contribution in [0.3, 0.4) is 0 Å². The van der Waals surface area contributed by atoms with E-state index in [-0.39, 0.29) is 0 Å². The molecule has 0 aromatic heterocycles. The molecule has 0 aromatic rings. The minimum atomic E-state index is -4.43. The normalized spacial score (nSPS) is 19.5. The average Bonchev–Trinajstić information content (AvgIpc) is 2.28. The molecule has 92 valence electrons. The maximum absolute atomic E-state index is 11.6. The third-order valence-corrected chi connectivity index (χ3v) is 3.11. The Bertz CT molecular complexity index is 229. The first kappa shape index (κ1) is 15.1. The first-order valence-electron chi connectivity index (χ1n) is 3.16. The van der Waals surface area contributed by atoms with E-state index in [2.05, 4.69) is 27.6 Å². The van der Waals surface area contributed by atoms with E-state index in [0.717, 1.165) is 14.2 Å². The molecule has 0 aliphatic carbocycles. The second kappa shape index (κ2) is 6.62. The topological polar surface area (TPSA) is 89.5 Å². The number of phosphoric ester groups is 2. The second-order valence-corrected chi connectivity index (χ2v) is 5.09. The van der Waals surface area contributed by atoms with Gasteiger partial charge >= 0.3 is 15.6 Å². The van der Waals surface area contributed by atoms with Crippen molar-refractivity contribution in [3.63, 3.8) is 0 Å². The van der Waals surface area contributed by atoms with Gasteiger partial charge in [0.15, 0.2) is 6.79 Å². The Labute approximate surface area is 83.4 Å². The molecule has 0 saturated heterocycles. The van der Waals surface area contributed by atoms with Crippen molar-refractivity contribution in [2.24, 2.45) is 0 Å². The zero-order valence-corrected chi connectivity index (χ0v) is 9.41. The lowest BCUT2D eigenvalue weighted by Crippen LogP contribution is -2.00. The van der Waals surface area contributed by atoms with Gasteiger partial charge in [0, 0.05) is 14.2 Å². The third kappa shape index (κ3) is 5.10. The zero-order valence-electron chi connectivity index (χ0n) is 7.62. The van der Waals surface area contributed by atoms with Crippen LogP contribution in [0, 0.1) is 0 Å². The molecule has 0 heterocycles. The molecule has 8 nitrogen and oxygen atoms in total. The Morgan fingerprint density at radius 1 is 0.933 bits per heavy atom. The number of hydrogen-bond donors (Lipinski definition) is 0. The summed E-state index contributed by atoms with van der Waals surface area (Å²) in [5.41, 5.74) is 0. The number of rotatable bonds is 8. The third-order valence-electron chi connectivity index (χ3n) is 1.04. The Balaban J connectivity index is 4.08. The van der Waals surface area contributed by atoms with Crippen molar-refractivity contribution >= 4 is 15.6 Å². The molecule has 0 aromatic carbocycles. The quantitative estimate of drug-likeness (QED) is 0.491. The summed E-state index contributed by atoms with van der Waals surface area (Å²) in [5, 5.41) is 0. The van der Waals surface area contributed by atoms with Gasteiger partial charge in [0.2, 0.25) is 0 Å². The predicted octanol–water partition coefficient (Wildman–Crippen LogP) is 2.29. The summed E-state index contributed by atoms with van der Waals surface area (Å²) < 4.78 is 66.4. The van der Waals surface area contributed by atoms with Gasteiger partial charge < -0.3 is 0 Å². The minimum Gasteiger partial charge on any atom is -0.288 e. The van der Waals surface area contributed by atoms with Gasteiger partial charge in [0.1, 0.15) is 0 Å². The summed E-state index contributed by atoms with van der Waals surface area (Å²) in [7, 11) is -7.23. The highest BCUT2D eigenvalue weighted by Gasteiger charge is 2.31. The molecular weight excluding hydrogens is 264 g/mol. The molecule has 0 saturated carbocycles. The van der Waals surface area contributed by atoms with Crippen LogP contribution in [0.15, 0.2) is 0 Å². The van der Waals surface area contributed by atoms with Crippen LogP contribution >= 0.6 is 15.6 Å². The summed E-state index contributed by atoms with van der Waals surface area (Å²) in [5.74, 6) is 0. The monoisotopic (exact) mass is 272 g/mol. The first-order valence-corrected chi connectivity index (χ1v) is 6.08. The van der Waals surface area contributed by atoms with Gasteiger partial charge in [-0.3, -0.25) is 18.1 Å². The smallest absolute Gasteiger partial charge is 0.288 e. The lowest BCUT2D eigenvalue weighted by atomic mass is 11.6. The Morgan fingerprint density at radius 2 is 1.27 bits per heavy atom. The summed E-state index contributed by atoms with van der Waals surface area (Å²) in [6.45, 7) is -1.09. The van der Waals surface area contributed by atoms with E-state index >= 15 is 0 Å². The van der Waals surface area contributed by atoms with Gasteiger partial charge in [-0.05, 0) is 9.05 Å². The minimum absolute atomic E-state index is 0.821. The summed E-state index contributed by atoms with van der Waals surface area (Å²) in [4.78, 5) is 0. The van der Waals surface area contributed by atoms with Crippen LogP contribution in [0.25, 0.3) is 0 Å². The highest BCUT2D eigenvalue weighted by molar-refractivity contribution is 7.49. The highest BCUT2D eigenvalue weighted by atomic mass is 31.2. The summed E-state index contributed by atoms with van der Waals surface area (Å²) in [6.07, 6.45) is 0. The molecule has 0 aliphatic rings. The fraction of sp³-hybridized carbons (Fsp3) is 1.00. The van der Waals surface area contributed by atoms with E-state index in [4.69, 9.17) is 0 Å². The molecule has 0 amide bonds. The fourth-order valence-electron chi connectivity index (χ4n) is 0.354. The Morgan fingerprint density at radius 3 is 1.47 bits per heavy atom. The van der Waals surface area contributed by atoms with E-state index in [1.165, 1.54) is 0 Å². The van der Waals surface area contributed by atoms with E-state index in [0.29, 0.717) is 0 Å². The van der Waals surface area contributed by atoms with Crippen molar-refractivity contribution < 1.29 is 45.7 Å². The van der Waals surface area contributed by atoms with Crippen LogP contribution < -0.4 is 0 Å². The standard InChI is InChI=1S/C3H8F2O8P2/c1-8-14(6,12-4)10-3-11-15(7,9-2)13-5/h3H2,1-2H3. The van der Waals surface area contributed by atoms with E-state index in [1.54, 1.807) is 0 Å². The van der Waals surface area contributed by atoms with Crippen LogP contribution in [0.4, 0.5) is 9.05 Å². The lowest BCUT2D eigenvalue weighted by molar-refractivity contribution is -0.0851. The van der Waals surface area contributed by atoms with Crippen molar-refractivity contribution in [2.75, 3.05) is 21.0 Å². The second-order valence-electron chi connectivity index (χ2n) is 1.77. The number of hydrogen-bond acceptors (Lipinski definition) is 8. The molecule has 0 N–H and O–H groups in total. The van der Waals surface area contributed by atoms with Crippen LogP contribution in [0.2, 0.25) is 0 Å². The van der Waals surface area contributed by atoms with Crippen molar-refractivity contribution in [1.82, 2.24) is 0 Å². The Hall–Kier alpha value is 0.0800. The summed E-state index contributed by atoms with van der Waals surface area (Å²) in [6, 6.07) is 0. The SMILES string of the molecule is COP(=O)(OF)OCOP(=O)(OC)OF. The van der Waals surface area contributed by atoms with E-state index in [9.17, 15) is 18.2 Å². The fourth-order valence-corrected chi connectivity index (χ4v) is 1.20. The molecule has 15 heavy (non-hydrogen) atoms. The average molecular weight is 272 g/mol. The van der Waals surface area contributed by atoms with Gasteiger partial charge in [-0.25, -0.2) is 9.13 Å². The van der Waals surface area contributed by atoms with Gasteiger partial charge in [-0.2, -0.15) is 0 Å². The van der Waals surface area contributed by atoms with Crippen molar-refractivity contribution in [1.29, 1.82) is 0 Å². The van der Waals surface area contributed by atoms with Gasteiger partial charge in [0.05, 0.1) is 0 Å². The van der Waals surface area contributed by atoms with Crippen LogP contribution in [-0.4, -0.2) is 21.0 Å². The maximum atomic E-state index is 11.6. The van der Waals surface area contributed by atoms with E-state index < -0.39 is 22.4 Å². The molecule has 0 fully saturated rings. The van der Waals surface area contributed by atoms with Gasteiger partial charge in [-0.1, -0.05) is 9.46 Å². The van der Waals surface area contributed by atoms with Crippen LogP contribution in [0.5, 0.6) is 0 Å². The molecule has 2 atom stereocenters. The molecule has 0 rings (SSSR count). The highest BCUT2D eigenvalue weighted by Crippen LogP contribution is 2.52. The van der Waals surface area contributed by atoms with Crippen molar-refractivity contribution in [3.05, 3.63) is 0 Å². The Kier molecular flexibility index (Phi) is 6.65. The summed E-state index contributed by atoms with van der Waals surface area (Å²) >= 11 is 0.